The number of halogens is 2. The first-order valence-corrected chi connectivity index (χ1v) is 4.06. The molecule has 0 amide bonds. The fourth-order valence-electron chi connectivity index (χ4n) is 1.31. The predicted octanol–water partition coefficient (Wildman–Crippen LogP) is 2.07. The Hall–Kier alpha value is -1.52. The molecule has 0 aliphatic carbocycles. The lowest BCUT2D eigenvalue weighted by atomic mass is 10.2. The number of alkyl halides is 2. The number of fused-ring (bicyclic) bond motifs is 1. The third kappa shape index (κ3) is 1.34. The van der Waals surface area contributed by atoms with Crippen LogP contribution in [0.2, 0.25) is 0 Å². The number of para-hydroxylation sites is 1. The van der Waals surface area contributed by atoms with E-state index >= 15 is 0 Å². The Bertz CT molecular complexity index is 366. The van der Waals surface area contributed by atoms with Crippen molar-refractivity contribution in [2.45, 2.75) is 6.29 Å². The molecule has 1 aliphatic rings. The molecule has 76 valence electrons. The number of benzene rings is 1. The summed E-state index contributed by atoms with van der Waals surface area (Å²) in [7, 11) is 3.49. The van der Waals surface area contributed by atoms with Crippen LogP contribution < -0.4 is 14.4 Å². The number of nitrogens with zero attached hydrogens (tertiary/aromatic N) is 1. The average molecular weight is 201 g/mol. The molecule has 0 spiro atoms. The van der Waals surface area contributed by atoms with Crippen LogP contribution >= 0.6 is 0 Å². The Balaban J connectivity index is 2.46. The first-order chi connectivity index (χ1) is 6.49. The van der Waals surface area contributed by atoms with Crippen LogP contribution in [0, 0.1) is 0 Å². The van der Waals surface area contributed by atoms with E-state index in [1.807, 2.05) is 0 Å². The molecule has 1 aromatic carbocycles. The van der Waals surface area contributed by atoms with Crippen LogP contribution in [0.25, 0.3) is 0 Å². The van der Waals surface area contributed by atoms with Crippen LogP contribution in [0.5, 0.6) is 11.5 Å². The molecule has 2 rings (SSSR count). The van der Waals surface area contributed by atoms with E-state index in [1.165, 1.54) is 6.07 Å². The van der Waals surface area contributed by atoms with Crippen molar-refractivity contribution >= 4 is 5.69 Å². The summed E-state index contributed by atoms with van der Waals surface area (Å²) in [6.07, 6.45) is -3.55. The van der Waals surface area contributed by atoms with E-state index < -0.39 is 6.29 Å². The van der Waals surface area contributed by atoms with E-state index in [4.69, 9.17) is 0 Å². The van der Waals surface area contributed by atoms with Crippen molar-refractivity contribution in [3.8, 4) is 11.5 Å². The molecular weight excluding hydrogens is 192 g/mol. The van der Waals surface area contributed by atoms with Crippen LogP contribution in [-0.2, 0) is 0 Å². The van der Waals surface area contributed by atoms with Crippen molar-refractivity contribution in [2.24, 2.45) is 0 Å². The summed E-state index contributed by atoms with van der Waals surface area (Å²) in [4.78, 5) is 1.68. The van der Waals surface area contributed by atoms with Crippen LogP contribution in [0.1, 0.15) is 0 Å². The van der Waals surface area contributed by atoms with Crippen LogP contribution in [-0.4, -0.2) is 20.4 Å². The number of ether oxygens (including phenoxy) is 2. The van der Waals surface area contributed by atoms with Crippen molar-refractivity contribution in [3.63, 3.8) is 0 Å². The molecule has 5 heteroatoms. The standard InChI is InChI=1S/C9H9F2NO2/c1-12(2)6-4-3-5-7-8(6)14-9(10,11)13-7/h3-5H,1-2H3. The summed E-state index contributed by atoms with van der Waals surface area (Å²) in [6, 6.07) is 4.77. The molecule has 0 fully saturated rings. The van der Waals surface area contributed by atoms with Gasteiger partial charge in [0.2, 0.25) is 0 Å². The number of hydrogen-bond acceptors (Lipinski definition) is 3. The molecule has 14 heavy (non-hydrogen) atoms. The topological polar surface area (TPSA) is 21.7 Å². The van der Waals surface area contributed by atoms with Gasteiger partial charge in [0, 0.05) is 14.1 Å². The normalized spacial score (nSPS) is 16.9. The molecule has 0 aromatic heterocycles. The zero-order valence-corrected chi connectivity index (χ0v) is 7.75. The SMILES string of the molecule is CN(C)c1cccc2c1OC(F)(F)O2. The van der Waals surface area contributed by atoms with Gasteiger partial charge in [-0.15, -0.1) is 8.78 Å². The fraction of sp³-hybridized carbons (Fsp3) is 0.333. The van der Waals surface area contributed by atoms with E-state index in [0.717, 1.165) is 0 Å². The van der Waals surface area contributed by atoms with Gasteiger partial charge in [-0.25, -0.2) is 0 Å². The van der Waals surface area contributed by atoms with Crippen molar-refractivity contribution in [1.29, 1.82) is 0 Å². The Morgan fingerprint density at radius 2 is 1.93 bits per heavy atom. The summed E-state index contributed by atoms with van der Waals surface area (Å²) in [5.41, 5.74) is 0.569. The van der Waals surface area contributed by atoms with Gasteiger partial charge < -0.3 is 14.4 Å². The highest BCUT2D eigenvalue weighted by molar-refractivity contribution is 5.65. The van der Waals surface area contributed by atoms with Gasteiger partial charge in [-0.05, 0) is 12.1 Å². The monoisotopic (exact) mass is 201 g/mol. The molecule has 0 unspecified atom stereocenters. The molecule has 0 N–H and O–H groups in total. The van der Waals surface area contributed by atoms with Crippen molar-refractivity contribution in [3.05, 3.63) is 18.2 Å². The molecule has 3 nitrogen and oxygen atoms in total. The zero-order chi connectivity index (χ0) is 10.3. The summed E-state index contributed by atoms with van der Waals surface area (Å²) in [6.45, 7) is 0. The second-order valence-corrected chi connectivity index (χ2v) is 3.17. The average Bonchev–Trinajstić information content (AvgIpc) is 2.36. The Labute approximate surface area is 79.8 Å². The van der Waals surface area contributed by atoms with E-state index in [9.17, 15) is 8.78 Å². The number of rotatable bonds is 1. The minimum absolute atomic E-state index is 0.0706. The first-order valence-electron chi connectivity index (χ1n) is 4.06. The van der Waals surface area contributed by atoms with Gasteiger partial charge in [0.1, 0.15) is 0 Å². The molecule has 0 atom stereocenters. The minimum atomic E-state index is -3.55. The smallest absolute Gasteiger partial charge is 0.395 e. The largest absolute Gasteiger partial charge is 0.586 e. The maximum Gasteiger partial charge on any atom is 0.586 e. The lowest BCUT2D eigenvalue weighted by molar-refractivity contribution is -0.286. The van der Waals surface area contributed by atoms with Crippen molar-refractivity contribution in [1.82, 2.24) is 0 Å². The van der Waals surface area contributed by atoms with Gasteiger partial charge in [-0.3, -0.25) is 0 Å². The van der Waals surface area contributed by atoms with Gasteiger partial charge in [0.05, 0.1) is 5.69 Å². The summed E-state index contributed by atoms with van der Waals surface area (Å²) < 4.78 is 34.1. The second-order valence-electron chi connectivity index (χ2n) is 3.17. The Morgan fingerprint density at radius 1 is 1.21 bits per heavy atom. The molecule has 0 saturated heterocycles. The van der Waals surface area contributed by atoms with E-state index in [0.29, 0.717) is 5.69 Å². The molecule has 1 heterocycles. The van der Waals surface area contributed by atoms with E-state index in [-0.39, 0.29) is 11.5 Å². The highest BCUT2D eigenvalue weighted by Gasteiger charge is 2.44. The summed E-state index contributed by atoms with van der Waals surface area (Å²) in [5.74, 6) is 0.156. The lowest BCUT2D eigenvalue weighted by Crippen LogP contribution is -2.26. The predicted molar refractivity (Wildman–Crippen MR) is 47.0 cm³/mol. The van der Waals surface area contributed by atoms with Gasteiger partial charge in [0.25, 0.3) is 0 Å². The fourth-order valence-corrected chi connectivity index (χ4v) is 1.31. The maximum atomic E-state index is 12.7. The Kier molecular flexibility index (Phi) is 1.77. The van der Waals surface area contributed by atoms with E-state index in [1.54, 1.807) is 31.1 Å². The number of hydrogen-bond donors (Lipinski definition) is 0. The van der Waals surface area contributed by atoms with E-state index in [2.05, 4.69) is 9.47 Å². The highest BCUT2D eigenvalue weighted by atomic mass is 19.3. The third-order valence-corrected chi connectivity index (χ3v) is 1.89. The first kappa shape index (κ1) is 9.05. The minimum Gasteiger partial charge on any atom is -0.395 e. The third-order valence-electron chi connectivity index (χ3n) is 1.89. The molecule has 1 aliphatic heterocycles. The summed E-state index contributed by atoms with van der Waals surface area (Å²) in [5, 5.41) is 0. The molecular formula is C9H9F2NO2. The van der Waals surface area contributed by atoms with Gasteiger partial charge >= 0.3 is 6.29 Å². The molecule has 0 radical (unpaired) electrons. The molecule has 1 aromatic rings. The molecule has 0 bridgehead atoms. The van der Waals surface area contributed by atoms with Crippen LogP contribution in [0.15, 0.2) is 18.2 Å². The number of anilines is 1. The van der Waals surface area contributed by atoms with Gasteiger partial charge in [0.15, 0.2) is 11.5 Å². The van der Waals surface area contributed by atoms with Crippen molar-refractivity contribution < 1.29 is 18.3 Å². The van der Waals surface area contributed by atoms with Gasteiger partial charge in [-0.2, -0.15) is 0 Å². The quantitative estimate of drug-likeness (QED) is 0.694. The second kappa shape index (κ2) is 2.73. The summed E-state index contributed by atoms with van der Waals surface area (Å²) >= 11 is 0. The zero-order valence-electron chi connectivity index (χ0n) is 7.75. The van der Waals surface area contributed by atoms with Crippen LogP contribution in [0.3, 0.4) is 0 Å². The van der Waals surface area contributed by atoms with Gasteiger partial charge in [-0.1, -0.05) is 6.07 Å². The Morgan fingerprint density at radius 3 is 2.57 bits per heavy atom. The maximum absolute atomic E-state index is 12.7. The lowest BCUT2D eigenvalue weighted by Gasteiger charge is -2.14. The van der Waals surface area contributed by atoms with Crippen molar-refractivity contribution in [2.75, 3.05) is 19.0 Å². The molecule has 0 saturated carbocycles. The van der Waals surface area contributed by atoms with Crippen LogP contribution in [0.4, 0.5) is 14.5 Å². The highest BCUT2D eigenvalue weighted by Crippen LogP contribution is 2.46.